The van der Waals surface area contributed by atoms with E-state index in [1.54, 1.807) is 9.80 Å². The number of rotatable bonds is 7. The van der Waals surface area contributed by atoms with Crippen LogP contribution < -0.4 is 5.48 Å². The summed E-state index contributed by atoms with van der Waals surface area (Å²) in [5.41, 5.74) is 2.91. The summed E-state index contributed by atoms with van der Waals surface area (Å²) in [5, 5.41) is 1.40. The molecule has 3 aliphatic heterocycles. The number of amides is 4. The van der Waals surface area contributed by atoms with Crippen molar-refractivity contribution in [3.05, 3.63) is 35.9 Å². The lowest BCUT2D eigenvalue weighted by atomic mass is 10.0. The van der Waals surface area contributed by atoms with Crippen LogP contribution in [0, 0.1) is 0 Å². The van der Waals surface area contributed by atoms with Gasteiger partial charge in [0.1, 0.15) is 18.2 Å². The van der Waals surface area contributed by atoms with E-state index in [-0.39, 0.29) is 36.7 Å². The van der Waals surface area contributed by atoms with Gasteiger partial charge in [0.25, 0.3) is 5.91 Å². The van der Waals surface area contributed by atoms with Crippen molar-refractivity contribution in [1.82, 2.24) is 20.3 Å². The van der Waals surface area contributed by atoms with E-state index < -0.39 is 11.6 Å². The maximum Gasteiger partial charge on any atom is 0.410 e. The van der Waals surface area contributed by atoms with Crippen LogP contribution in [-0.2, 0) is 25.8 Å². The molecule has 4 rings (SSSR count). The molecule has 0 spiro atoms. The van der Waals surface area contributed by atoms with Crippen LogP contribution in [0.15, 0.2) is 30.3 Å². The molecule has 0 saturated carbocycles. The molecule has 35 heavy (non-hydrogen) atoms. The van der Waals surface area contributed by atoms with Gasteiger partial charge < -0.3 is 14.5 Å². The van der Waals surface area contributed by atoms with Gasteiger partial charge in [0.2, 0.25) is 0 Å². The third kappa shape index (κ3) is 6.24. The van der Waals surface area contributed by atoms with Gasteiger partial charge in [-0.15, -0.1) is 0 Å². The van der Waals surface area contributed by atoms with E-state index in [2.05, 4.69) is 5.48 Å². The Kier molecular flexibility index (Phi) is 7.81. The van der Waals surface area contributed by atoms with Crippen molar-refractivity contribution in [2.24, 2.45) is 0 Å². The number of hydroxylamine groups is 3. The molecule has 0 aliphatic carbocycles. The van der Waals surface area contributed by atoms with Crippen LogP contribution in [0.1, 0.15) is 58.4 Å². The van der Waals surface area contributed by atoms with Gasteiger partial charge in [-0.25, -0.2) is 15.1 Å². The Labute approximate surface area is 206 Å². The van der Waals surface area contributed by atoms with Gasteiger partial charge in [-0.3, -0.25) is 14.5 Å². The average Bonchev–Trinajstić information content (AvgIpc) is 3.06. The fourth-order valence-corrected chi connectivity index (χ4v) is 4.80. The fourth-order valence-electron chi connectivity index (χ4n) is 4.80. The van der Waals surface area contributed by atoms with Gasteiger partial charge in [0.05, 0.1) is 18.7 Å². The lowest BCUT2D eigenvalue weighted by Gasteiger charge is -2.36. The SMILES string of the molecule is CC(C)(C)OC(=O)N1CCCC[C@H]1CONC(=O)C1CC[C@@H]2CN1C(=O)N2OCc1ccccc1. The summed E-state index contributed by atoms with van der Waals surface area (Å²) in [6.45, 7) is 7.02. The van der Waals surface area contributed by atoms with E-state index in [0.717, 1.165) is 24.8 Å². The number of hydrogen-bond acceptors (Lipinski definition) is 6. The van der Waals surface area contributed by atoms with E-state index in [4.69, 9.17) is 14.4 Å². The van der Waals surface area contributed by atoms with Crippen molar-refractivity contribution in [2.45, 2.75) is 83.2 Å². The van der Waals surface area contributed by atoms with Crippen molar-refractivity contribution in [3.63, 3.8) is 0 Å². The number of ether oxygens (including phenoxy) is 1. The van der Waals surface area contributed by atoms with Crippen LogP contribution in [-0.4, -0.2) is 76.3 Å². The number of urea groups is 1. The number of fused-ring (bicyclic) bond motifs is 2. The third-order valence-electron chi connectivity index (χ3n) is 6.54. The lowest BCUT2D eigenvalue weighted by Crippen LogP contribution is -2.52. The monoisotopic (exact) mass is 488 g/mol. The second-order valence-electron chi connectivity index (χ2n) is 10.4. The molecule has 2 bridgehead atoms. The first kappa shape index (κ1) is 25.2. The molecule has 3 heterocycles. The summed E-state index contributed by atoms with van der Waals surface area (Å²) in [6.07, 6.45) is 3.50. The molecule has 3 atom stereocenters. The highest BCUT2D eigenvalue weighted by Crippen LogP contribution is 2.30. The molecule has 3 aliphatic rings. The zero-order chi connectivity index (χ0) is 25.0. The zero-order valence-electron chi connectivity index (χ0n) is 20.8. The van der Waals surface area contributed by atoms with Crippen LogP contribution >= 0.6 is 0 Å². The molecule has 10 nitrogen and oxygen atoms in total. The Morgan fingerprint density at radius 1 is 1.09 bits per heavy atom. The lowest BCUT2D eigenvalue weighted by molar-refractivity contribution is -0.141. The van der Waals surface area contributed by atoms with Crippen LogP contribution in [0.25, 0.3) is 0 Å². The molecule has 0 radical (unpaired) electrons. The third-order valence-corrected chi connectivity index (χ3v) is 6.54. The number of likely N-dealkylation sites (tertiary alicyclic amines) is 1. The Morgan fingerprint density at radius 3 is 2.60 bits per heavy atom. The van der Waals surface area contributed by atoms with E-state index in [0.29, 0.717) is 32.5 Å². The molecule has 0 aromatic heterocycles. The topological polar surface area (TPSA) is 101 Å². The van der Waals surface area contributed by atoms with Crippen LogP contribution in [0.5, 0.6) is 0 Å². The number of carbonyl (C=O) groups is 3. The molecular formula is C25H36N4O6. The van der Waals surface area contributed by atoms with E-state index in [1.165, 1.54) is 5.06 Å². The maximum absolute atomic E-state index is 12.9. The Balaban J connectivity index is 1.26. The first-order chi connectivity index (χ1) is 16.7. The molecule has 1 unspecified atom stereocenters. The number of carbonyl (C=O) groups excluding carboxylic acids is 3. The summed E-state index contributed by atoms with van der Waals surface area (Å²) in [7, 11) is 0. The van der Waals surface area contributed by atoms with Crippen molar-refractivity contribution in [3.8, 4) is 0 Å². The minimum atomic E-state index is -0.614. The standard InChI is InChI=1S/C25H36N4O6/c1-25(2,3)35-24(32)27-14-8-7-11-20(27)17-33-26-22(30)21-13-12-19-15-28(21)23(31)29(19)34-16-18-9-5-4-6-10-18/h4-6,9-10,19-21H,7-8,11-17H2,1-3H3,(H,26,30)/t19-,20+,21?/m1/s1. The highest BCUT2D eigenvalue weighted by molar-refractivity contribution is 5.88. The predicted molar refractivity (Wildman–Crippen MR) is 127 cm³/mol. The molecule has 4 amide bonds. The summed E-state index contributed by atoms with van der Waals surface area (Å²) in [4.78, 5) is 52.9. The fraction of sp³-hybridized carbons (Fsp3) is 0.640. The number of nitrogens with one attached hydrogen (secondary N) is 1. The highest BCUT2D eigenvalue weighted by Gasteiger charge is 2.48. The maximum atomic E-state index is 12.9. The van der Waals surface area contributed by atoms with E-state index in [9.17, 15) is 14.4 Å². The van der Waals surface area contributed by atoms with Crippen LogP contribution in [0.2, 0.25) is 0 Å². The van der Waals surface area contributed by atoms with Crippen molar-refractivity contribution in [2.75, 3.05) is 19.7 Å². The smallest absolute Gasteiger partial charge is 0.410 e. The number of benzene rings is 1. The minimum absolute atomic E-state index is 0.0687. The molecule has 10 heteroatoms. The molecule has 1 aromatic rings. The van der Waals surface area contributed by atoms with Crippen molar-refractivity contribution in [1.29, 1.82) is 0 Å². The molecule has 192 valence electrons. The zero-order valence-corrected chi connectivity index (χ0v) is 20.8. The molecule has 3 fully saturated rings. The van der Waals surface area contributed by atoms with Crippen molar-refractivity contribution >= 4 is 18.0 Å². The Bertz CT molecular complexity index is 905. The highest BCUT2D eigenvalue weighted by atomic mass is 16.7. The Hall–Kier alpha value is -2.85. The largest absolute Gasteiger partial charge is 0.444 e. The van der Waals surface area contributed by atoms with Gasteiger partial charge in [-0.1, -0.05) is 30.3 Å². The first-order valence-corrected chi connectivity index (χ1v) is 12.4. The molecule has 1 aromatic carbocycles. The van der Waals surface area contributed by atoms with Gasteiger partial charge in [-0.2, -0.15) is 5.06 Å². The minimum Gasteiger partial charge on any atom is -0.444 e. The summed E-state index contributed by atoms with van der Waals surface area (Å²) in [6, 6.07) is 8.50. The van der Waals surface area contributed by atoms with E-state index >= 15 is 0 Å². The van der Waals surface area contributed by atoms with Crippen LogP contribution in [0.3, 0.4) is 0 Å². The molecular weight excluding hydrogens is 452 g/mol. The molecule has 1 N–H and O–H groups in total. The first-order valence-electron chi connectivity index (χ1n) is 12.4. The predicted octanol–water partition coefficient (Wildman–Crippen LogP) is 3.22. The summed E-state index contributed by atoms with van der Waals surface area (Å²) >= 11 is 0. The second-order valence-corrected chi connectivity index (χ2v) is 10.4. The van der Waals surface area contributed by atoms with Gasteiger partial charge >= 0.3 is 12.1 Å². The van der Waals surface area contributed by atoms with E-state index in [1.807, 2.05) is 51.1 Å². The van der Waals surface area contributed by atoms with Gasteiger partial charge in [0.15, 0.2) is 0 Å². The second kappa shape index (κ2) is 10.8. The Morgan fingerprint density at radius 2 is 1.86 bits per heavy atom. The van der Waals surface area contributed by atoms with Crippen LogP contribution in [0.4, 0.5) is 9.59 Å². The number of piperidine rings is 2. The average molecular weight is 489 g/mol. The number of hydrogen-bond donors (Lipinski definition) is 1. The summed E-state index contributed by atoms with van der Waals surface area (Å²) in [5.74, 6) is -0.360. The van der Waals surface area contributed by atoms with Crippen molar-refractivity contribution < 1.29 is 28.8 Å². The van der Waals surface area contributed by atoms with Gasteiger partial charge in [0, 0.05) is 13.1 Å². The quantitative estimate of drug-likeness (QED) is 0.592. The van der Waals surface area contributed by atoms with Gasteiger partial charge in [-0.05, 0) is 58.4 Å². The number of nitrogens with zero attached hydrogens (tertiary/aromatic N) is 3. The summed E-state index contributed by atoms with van der Waals surface area (Å²) < 4.78 is 5.52. The normalized spacial score (nSPS) is 24.5. The molecule has 3 saturated heterocycles.